The van der Waals surface area contributed by atoms with Crippen molar-refractivity contribution in [3.63, 3.8) is 0 Å². The number of benzene rings is 1. The van der Waals surface area contributed by atoms with Crippen LogP contribution in [0.4, 0.5) is 0 Å². The molecule has 0 spiro atoms. The van der Waals surface area contributed by atoms with E-state index in [2.05, 4.69) is 24.0 Å². The zero-order valence-electron chi connectivity index (χ0n) is 12.9. The average molecular weight is 290 g/mol. The minimum atomic E-state index is 0.287. The number of rotatable bonds is 6. The fourth-order valence-electron chi connectivity index (χ4n) is 3.11. The van der Waals surface area contributed by atoms with Gasteiger partial charge in [0.2, 0.25) is 0 Å². The van der Waals surface area contributed by atoms with E-state index >= 15 is 0 Å². The maximum Gasteiger partial charge on any atom is 0.161 e. The van der Waals surface area contributed by atoms with Gasteiger partial charge in [0.25, 0.3) is 0 Å². The number of ether oxygens (including phenoxy) is 2. The average Bonchev–Trinajstić information content (AvgIpc) is 3.34. The van der Waals surface area contributed by atoms with Crippen molar-refractivity contribution >= 4 is 0 Å². The van der Waals surface area contributed by atoms with Crippen molar-refractivity contribution in [2.75, 3.05) is 26.3 Å². The van der Waals surface area contributed by atoms with E-state index < -0.39 is 0 Å². The Bertz CT molecular complexity index is 474. The number of nitrogens with zero attached hydrogens (tertiary/aromatic N) is 1. The van der Waals surface area contributed by atoms with Crippen LogP contribution in [-0.4, -0.2) is 37.2 Å². The normalized spacial score (nSPS) is 19.4. The Morgan fingerprint density at radius 2 is 2.00 bits per heavy atom. The summed E-state index contributed by atoms with van der Waals surface area (Å²) in [5.74, 6) is 1.73. The van der Waals surface area contributed by atoms with Crippen molar-refractivity contribution in [3.05, 3.63) is 23.8 Å². The lowest BCUT2D eigenvalue weighted by Crippen LogP contribution is -2.36. The minimum Gasteiger partial charge on any atom is -0.490 e. The Kier molecular flexibility index (Phi) is 4.66. The fourth-order valence-corrected chi connectivity index (χ4v) is 3.11. The van der Waals surface area contributed by atoms with E-state index in [0.29, 0.717) is 6.54 Å². The van der Waals surface area contributed by atoms with Crippen molar-refractivity contribution in [2.45, 2.75) is 44.7 Å². The van der Waals surface area contributed by atoms with Gasteiger partial charge < -0.3 is 15.2 Å². The molecule has 0 saturated heterocycles. The molecule has 2 N–H and O–H groups in total. The van der Waals surface area contributed by atoms with Crippen LogP contribution >= 0.6 is 0 Å². The van der Waals surface area contributed by atoms with E-state index in [1.807, 2.05) is 6.07 Å². The van der Waals surface area contributed by atoms with Crippen LogP contribution in [0.15, 0.2) is 18.2 Å². The highest BCUT2D eigenvalue weighted by Crippen LogP contribution is 2.37. The summed E-state index contributed by atoms with van der Waals surface area (Å²) in [7, 11) is 0. The Morgan fingerprint density at radius 1 is 1.24 bits per heavy atom. The first kappa shape index (κ1) is 14.7. The Hall–Kier alpha value is -1.26. The molecule has 0 radical (unpaired) electrons. The Balaban J connectivity index is 1.84. The zero-order valence-corrected chi connectivity index (χ0v) is 12.9. The summed E-state index contributed by atoms with van der Waals surface area (Å²) in [6, 6.07) is 7.32. The standard InChI is InChI=1S/C17H26N2O2/c1-2-8-19(14-5-6-14)15(12-18)13-4-7-16-17(11-13)21-10-3-9-20-16/h4,7,11,14-15H,2-3,5-6,8-10,12,18H2,1H3. The van der Waals surface area contributed by atoms with Gasteiger partial charge in [-0.15, -0.1) is 0 Å². The third-order valence-electron chi connectivity index (χ3n) is 4.28. The molecule has 4 heteroatoms. The van der Waals surface area contributed by atoms with Crippen molar-refractivity contribution in [1.82, 2.24) is 4.90 Å². The lowest BCUT2D eigenvalue weighted by atomic mass is 10.0. The maximum absolute atomic E-state index is 6.09. The van der Waals surface area contributed by atoms with Crippen LogP contribution in [0.2, 0.25) is 0 Å². The molecule has 0 aromatic heterocycles. The van der Waals surface area contributed by atoms with Gasteiger partial charge in [-0.2, -0.15) is 0 Å². The van der Waals surface area contributed by atoms with Crippen LogP contribution in [0.25, 0.3) is 0 Å². The smallest absolute Gasteiger partial charge is 0.161 e. The molecule has 1 heterocycles. The first-order valence-corrected chi connectivity index (χ1v) is 8.19. The molecule has 4 nitrogen and oxygen atoms in total. The van der Waals surface area contributed by atoms with E-state index in [9.17, 15) is 0 Å². The third-order valence-corrected chi connectivity index (χ3v) is 4.28. The van der Waals surface area contributed by atoms with E-state index in [-0.39, 0.29) is 6.04 Å². The number of fused-ring (bicyclic) bond motifs is 1. The highest BCUT2D eigenvalue weighted by atomic mass is 16.5. The molecule has 1 aliphatic carbocycles. The predicted octanol–water partition coefficient (Wildman–Crippen LogP) is 2.72. The molecule has 0 amide bonds. The molecule has 1 atom stereocenters. The summed E-state index contributed by atoms with van der Waals surface area (Å²) < 4.78 is 11.5. The van der Waals surface area contributed by atoms with Crippen molar-refractivity contribution in [2.24, 2.45) is 5.73 Å². The summed E-state index contributed by atoms with van der Waals surface area (Å²) >= 11 is 0. The molecule has 21 heavy (non-hydrogen) atoms. The molecule has 2 aliphatic rings. The maximum atomic E-state index is 6.09. The number of nitrogens with two attached hydrogens (primary N) is 1. The molecular formula is C17H26N2O2. The topological polar surface area (TPSA) is 47.7 Å². The molecule has 1 aliphatic heterocycles. The van der Waals surface area contributed by atoms with Gasteiger partial charge in [-0.3, -0.25) is 4.90 Å². The van der Waals surface area contributed by atoms with Gasteiger partial charge in [-0.25, -0.2) is 0 Å². The second-order valence-electron chi connectivity index (χ2n) is 5.98. The summed E-state index contributed by atoms with van der Waals surface area (Å²) in [5.41, 5.74) is 7.35. The second kappa shape index (κ2) is 6.67. The molecule has 1 unspecified atom stereocenters. The number of hydrogen-bond donors (Lipinski definition) is 1. The van der Waals surface area contributed by atoms with Gasteiger partial charge in [-0.05, 0) is 43.5 Å². The third kappa shape index (κ3) is 3.33. The van der Waals surface area contributed by atoms with E-state index in [0.717, 1.165) is 50.1 Å². The van der Waals surface area contributed by atoms with Gasteiger partial charge in [0.05, 0.1) is 13.2 Å². The monoisotopic (exact) mass is 290 g/mol. The largest absolute Gasteiger partial charge is 0.490 e. The van der Waals surface area contributed by atoms with Crippen molar-refractivity contribution in [1.29, 1.82) is 0 Å². The molecule has 1 saturated carbocycles. The quantitative estimate of drug-likeness (QED) is 0.875. The predicted molar refractivity (Wildman–Crippen MR) is 83.9 cm³/mol. The van der Waals surface area contributed by atoms with Gasteiger partial charge in [0.1, 0.15) is 0 Å². The van der Waals surface area contributed by atoms with Gasteiger partial charge in [0.15, 0.2) is 11.5 Å². The van der Waals surface area contributed by atoms with Crippen LogP contribution < -0.4 is 15.2 Å². The van der Waals surface area contributed by atoms with Crippen LogP contribution in [0.3, 0.4) is 0 Å². The molecule has 3 rings (SSSR count). The Labute approximate surface area is 127 Å². The lowest BCUT2D eigenvalue weighted by Gasteiger charge is -2.31. The van der Waals surface area contributed by atoms with Crippen molar-refractivity contribution in [3.8, 4) is 11.5 Å². The molecule has 116 valence electrons. The SMILES string of the molecule is CCCN(C1CC1)C(CN)c1ccc2c(c1)OCCCO2. The summed E-state index contributed by atoms with van der Waals surface area (Å²) in [6.07, 6.45) is 4.72. The molecule has 1 aromatic carbocycles. The first-order valence-electron chi connectivity index (χ1n) is 8.19. The second-order valence-corrected chi connectivity index (χ2v) is 5.98. The van der Waals surface area contributed by atoms with Gasteiger partial charge in [-0.1, -0.05) is 13.0 Å². The number of hydrogen-bond acceptors (Lipinski definition) is 4. The first-order chi connectivity index (χ1) is 10.3. The minimum absolute atomic E-state index is 0.287. The van der Waals surface area contributed by atoms with Gasteiger partial charge >= 0.3 is 0 Å². The summed E-state index contributed by atoms with van der Waals surface area (Å²) in [4.78, 5) is 2.57. The highest BCUT2D eigenvalue weighted by Gasteiger charge is 2.33. The van der Waals surface area contributed by atoms with Crippen LogP contribution in [0, 0.1) is 0 Å². The van der Waals surface area contributed by atoms with Crippen LogP contribution in [-0.2, 0) is 0 Å². The highest BCUT2D eigenvalue weighted by molar-refractivity contribution is 5.44. The van der Waals surface area contributed by atoms with E-state index in [4.69, 9.17) is 15.2 Å². The van der Waals surface area contributed by atoms with Crippen LogP contribution in [0.1, 0.15) is 44.2 Å². The van der Waals surface area contributed by atoms with Crippen molar-refractivity contribution < 1.29 is 9.47 Å². The zero-order chi connectivity index (χ0) is 14.7. The van der Waals surface area contributed by atoms with Crippen LogP contribution in [0.5, 0.6) is 11.5 Å². The fraction of sp³-hybridized carbons (Fsp3) is 0.647. The molecule has 1 fully saturated rings. The molecular weight excluding hydrogens is 264 g/mol. The lowest BCUT2D eigenvalue weighted by molar-refractivity contribution is 0.191. The summed E-state index contributed by atoms with van der Waals surface area (Å²) in [5, 5.41) is 0. The Morgan fingerprint density at radius 3 is 2.67 bits per heavy atom. The summed E-state index contributed by atoms with van der Waals surface area (Å²) in [6.45, 7) is 5.45. The van der Waals surface area contributed by atoms with Gasteiger partial charge in [0, 0.05) is 25.0 Å². The molecule has 0 bridgehead atoms. The van der Waals surface area contributed by atoms with E-state index in [1.54, 1.807) is 0 Å². The van der Waals surface area contributed by atoms with E-state index in [1.165, 1.54) is 18.4 Å². The molecule has 1 aromatic rings.